The Balaban J connectivity index is 4.05. The van der Waals surface area contributed by atoms with Gasteiger partial charge < -0.3 is 15.0 Å². The van der Waals surface area contributed by atoms with Crippen LogP contribution in [0.15, 0.2) is 0 Å². The lowest BCUT2D eigenvalue weighted by molar-refractivity contribution is -0.269. The number of ether oxygens (including phenoxy) is 1. The normalized spacial score (nSPS) is 12.9. The van der Waals surface area contributed by atoms with Gasteiger partial charge in [-0.05, 0) is 7.05 Å². The van der Waals surface area contributed by atoms with Crippen molar-refractivity contribution in [2.75, 3.05) is 40.4 Å². The summed E-state index contributed by atoms with van der Waals surface area (Å²) in [5.74, 6) is -7.70. The van der Waals surface area contributed by atoms with Crippen molar-refractivity contribution in [3.63, 3.8) is 0 Å². The highest BCUT2D eigenvalue weighted by Crippen LogP contribution is 2.35. The number of likely N-dealkylation sites (N-methyl/N-ethyl adjacent to an activating group) is 1. The van der Waals surface area contributed by atoms with E-state index < -0.39 is 18.0 Å². The highest BCUT2D eigenvalue weighted by Gasteiger charge is 2.63. The molecule has 108 valence electrons. The van der Waals surface area contributed by atoms with Crippen molar-refractivity contribution in [3.05, 3.63) is 0 Å². The van der Waals surface area contributed by atoms with Gasteiger partial charge in [-0.2, -0.15) is 22.0 Å². The topological polar surface area (TPSA) is 41.6 Å². The highest BCUT2D eigenvalue weighted by molar-refractivity contribution is 5.84. The standard InChI is InChI=1S/C9H15F5N2O2/c1-16(5-6-18-2)4-3-15-7(17)8(10,11)9(12,13)14/h3-6H2,1-2H3,(H,15,17). The lowest BCUT2D eigenvalue weighted by Crippen LogP contribution is -2.51. The van der Waals surface area contributed by atoms with Gasteiger partial charge in [-0.1, -0.05) is 0 Å². The number of amides is 1. The molecule has 0 saturated heterocycles. The molecular weight excluding hydrogens is 263 g/mol. The fourth-order valence-corrected chi connectivity index (χ4v) is 0.959. The number of carbonyl (C=O) groups is 1. The minimum absolute atomic E-state index is 0.142. The molecule has 0 rings (SSSR count). The van der Waals surface area contributed by atoms with Gasteiger partial charge in [-0.15, -0.1) is 0 Å². The number of nitrogens with one attached hydrogen (secondary N) is 1. The Morgan fingerprint density at radius 2 is 1.78 bits per heavy atom. The molecule has 0 aromatic heterocycles. The number of nitrogens with zero attached hydrogens (tertiary/aromatic N) is 1. The molecule has 9 heteroatoms. The van der Waals surface area contributed by atoms with Gasteiger partial charge in [-0.25, -0.2) is 0 Å². The Hall–Kier alpha value is -0.960. The van der Waals surface area contributed by atoms with Gasteiger partial charge in [-0.3, -0.25) is 4.79 Å². The number of hydrogen-bond donors (Lipinski definition) is 1. The molecule has 1 amide bonds. The summed E-state index contributed by atoms with van der Waals surface area (Å²) in [6.45, 7) is 0.707. The summed E-state index contributed by atoms with van der Waals surface area (Å²) in [5, 5.41) is 1.55. The van der Waals surface area contributed by atoms with Crippen LogP contribution in [0.3, 0.4) is 0 Å². The van der Waals surface area contributed by atoms with Crippen LogP contribution >= 0.6 is 0 Å². The van der Waals surface area contributed by atoms with Gasteiger partial charge in [0.2, 0.25) is 0 Å². The SMILES string of the molecule is COCCN(C)CCNC(=O)C(F)(F)C(F)(F)F. The van der Waals surface area contributed by atoms with Crippen molar-refractivity contribution in [3.8, 4) is 0 Å². The molecule has 0 radical (unpaired) electrons. The molecule has 0 heterocycles. The Labute approximate surface area is 101 Å². The molecule has 0 aliphatic rings. The molecule has 0 aliphatic carbocycles. The summed E-state index contributed by atoms with van der Waals surface area (Å²) in [7, 11) is 3.09. The number of methoxy groups -OCH3 is 1. The second-order valence-electron chi connectivity index (χ2n) is 3.62. The quantitative estimate of drug-likeness (QED) is 0.703. The van der Waals surface area contributed by atoms with Gasteiger partial charge in [0.15, 0.2) is 0 Å². The van der Waals surface area contributed by atoms with Crippen LogP contribution < -0.4 is 5.32 Å². The molecule has 0 aromatic rings. The maximum Gasteiger partial charge on any atom is 0.463 e. The van der Waals surface area contributed by atoms with E-state index in [0.717, 1.165) is 0 Å². The molecule has 0 atom stereocenters. The number of halogens is 5. The van der Waals surface area contributed by atoms with E-state index in [-0.39, 0.29) is 13.1 Å². The van der Waals surface area contributed by atoms with Gasteiger partial charge >= 0.3 is 12.1 Å². The van der Waals surface area contributed by atoms with Crippen LogP contribution in [-0.4, -0.2) is 63.3 Å². The molecule has 0 bridgehead atoms. The van der Waals surface area contributed by atoms with E-state index in [4.69, 9.17) is 4.74 Å². The van der Waals surface area contributed by atoms with E-state index in [1.54, 1.807) is 17.3 Å². The summed E-state index contributed by atoms with van der Waals surface area (Å²) in [4.78, 5) is 12.3. The predicted octanol–water partition coefficient (Wildman–Crippen LogP) is 0.878. The minimum Gasteiger partial charge on any atom is -0.383 e. The average Bonchev–Trinajstić information content (AvgIpc) is 2.24. The summed E-state index contributed by atoms with van der Waals surface area (Å²) >= 11 is 0. The van der Waals surface area contributed by atoms with Crippen LogP contribution in [0.2, 0.25) is 0 Å². The van der Waals surface area contributed by atoms with Gasteiger partial charge in [0.1, 0.15) is 0 Å². The van der Waals surface area contributed by atoms with Gasteiger partial charge in [0, 0.05) is 26.7 Å². The monoisotopic (exact) mass is 278 g/mol. The maximum absolute atomic E-state index is 12.5. The van der Waals surface area contributed by atoms with Gasteiger partial charge in [0.05, 0.1) is 6.61 Å². The van der Waals surface area contributed by atoms with Crippen molar-refractivity contribution in [2.45, 2.75) is 12.1 Å². The molecular formula is C9H15F5N2O2. The van der Waals surface area contributed by atoms with Crippen LogP contribution in [0.1, 0.15) is 0 Å². The first-order valence-corrected chi connectivity index (χ1v) is 5.03. The van der Waals surface area contributed by atoms with Crippen LogP contribution in [-0.2, 0) is 9.53 Å². The zero-order chi connectivity index (χ0) is 14.4. The second kappa shape index (κ2) is 6.83. The molecule has 0 aliphatic heterocycles. The van der Waals surface area contributed by atoms with Crippen molar-refractivity contribution in [1.29, 1.82) is 0 Å². The molecule has 0 unspecified atom stereocenters. The average molecular weight is 278 g/mol. The number of carbonyl (C=O) groups excluding carboxylic acids is 1. The Bertz CT molecular complexity index is 270. The van der Waals surface area contributed by atoms with Gasteiger partial charge in [0.25, 0.3) is 5.91 Å². The third-order valence-electron chi connectivity index (χ3n) is 2.10. The first kappa shape index (κ1) is 17.0. The number of hydrogen-bond acceptors (Lipinski definition) is 3. The Morgan fingerprint density at radius 1 is 1.22 bits per heavy atom. The van der Waals surface area contributed by atoms with Crippen LogP contribution in [0.4, 0.5) is 22.0 Å². The molecule has 0 fully saturated rings. The first-order valence-electron chi connectivity index (χ1n) is 5.03. The first-order chi connectivity index (χ1) is 8.13. The molecule has 0 spiro atoms. The molecule has 1 N–H and O–H groups in total. The summed E-state index contributed by atoms with van der Waals surface area (Å²) in [5.41, 5.74) is 0. The fraction of sp³-hybridized carbons (Fsp3) is 0.889. The van der Waals surface area contributed by atoms with E-state index >= 15 is 0 Å². The van der Waals surface area contributed by atoms with E-state index in [1.807, 2.05) is 0 Å². The number of rotatable bonds is 7. The lowest BCUT2D eigenvalue weighted by atomic mass is 10.3. The van der Waals surface area contributed by atoms with E-state index in [2.05, 4.69) is 0 Å². The zero-order valence-corrected chi connectivity index (χ0v) is 9.98. The van der Waals surface area contributed by atoms with Crippen LogP contribution in [0.25, 0.3) is 0 Å². The van der Waals surface area contributed by atoms with Crippen molar-refractivity contribution in [2.24, 2.45) is 0 Å². The Morgan fingerprint density at radius 3 is 2.22 bits per heavy atom. The van der Waals surface area contributed by atoms with E-state index in [9.17, 15) is 26.7 Å². The smallest absolute Gasteiger partial charge is 0.383 e. The highest BCUT2D eigenvalue weighted by atomic mass is 19.4. The third kappa shape index (κ3) is 5.13. The third-order valence-corrected chi connectivity index (χ3v) is 2.10. The van der Waals surface area contributed by atoms with Crippen molar-refractivity contribution in [1.82, 2.24) is 10.2 Å². The van der Waals surface area contributed by atoms with Crippen LogP contribution in [0, 0.1) is 0 Å². The Kier molecular flexibility index (Phi) is 6.47. The fourth-order valence-electron chi connectivity index (χ4n) is 0.959. The van der Waals surface area contributed by atoms with Crippen molar-refractivity contribution >= 4 is 5.91 Å². The second-order valence-corrected chi connectivity index (χ2v) is 3.62. The largest absolute Gasteiger partial charge is 0.463 e. The minimum atomic E-state index is -5.88. The van der Waals surface area contributed by atoms with E-state index in [1.165, 1.54) is 7.11 Å². The van der Waals surface area contributed by atoms with Crippen molar-refractivity contribution < 1.29 is 31.5 Å². The van der Waals surface area contributed by atoms with Crippen LogP contribution in [0.5, 0.6) is 0 Å². The number of alkyl halides is 5. The summed E-state index contributed by atoms with van der Waals surface area (Å²) in [6.07, 6.45) is -5.88. The van der Waals surface area contributed by atoms with E-state index in [0.29, 0.717) is 13.2 Å². The molecule has 18 heavy (non-hydrogen) atoms. The zero-order valence-electron chi connectivity index (χ0n) is 9.98. The molecule has 0 aromatic carbocycles. The predicted molar refractivity (Wildman–Crippen MR) is 53.4 cm³/mol. The lowest BCUT2D eigenvalue weighted by Gasteiger charge is -2.20. The molecule has 4 nitrogen and oxygen atoms in total. The maximum atomic E-state index is 12.5. The molecule has 0 saturated carbocycles. The summed E-state index contributed by atoms with van der Waals surface area (Å²) < 4.78 is 65.1. The summed E-state index contributed by atoms with van der Waals surface area (Å²) in [6, 6.07) is 0.